The lowest BCUT2D eigenvalue weighted by Crippen LogP contribution is -2.31. The topological polar surface area (TPSA) is 65.2 Å². The molecule has 3 rings (SSSR count). The second-order valence-corrected chi connectivity index (χ2v) is 6.00. The lowest BCUT2D eigenvalue weighted by molar-refractivity contribution is 0.0706. The van der Waals surface area contributed by atoms with Crippen LogP contribution in [0.5, 0.6) is 0 Å². The second-order valence-electron chi connectivity index (χ2n) is 5.56. The number of rotatable bonds is 3. The summed E-state index contributed by atoms with van der Waals surface area (Å²) in [5.41, 5.74) is 1.41. The minimum atomic E-state index is -0.0867. The zero-order chi connectivity index (χ0) is 15.9. The Hall–Kier alpha value is -1.86. The van der Waals surface area contributed by atoms with Crippen LogP contribution in [0.25, 0.3) is 0 Å². The number of methoxy groups -OCH3 is 1. The largest absolute Gasteiger partial charge is 0.379 e. The molecule has 0 spiro atoms. The van der Waals surface area contributed by atoms with E-state index in [4.69, 9.17) is 16.3 Å². The average molecular weight is 324 g/mol. The summed E-state index contributed by atoms with van der Waals surface area (Å²) in [6.45, 7) is 1.08. The lowest BCUT2D eigenvalue weighted by atomic mass is 10.0. The average Bonchev–Trinajstić information content (AvgIpc) is 3.16. The molecule has 118 valence electrons. The maximum Gasteiger partial charge on any atom is 0.270 e. The number of nitrogens with zero attached hydrogens (tertiary/aromatic N) is 5. The van der Waals surface area contributed by atoms with Crippen molar-refractivity contribution in [3.63, 3.8) is 0 Å². The van der Waals surface area contributed by atoms with Crippen LogP contribution in [-0.2, 0) is 18.8 Å². The Kier molecular flexibility index (Phi) is 3.92. The van der Waals surface area contributed by atoms with E-state index in [1.165, 1.54) is 0 Å². The molecule has 1 saturated heterocycles. The third-order valence-corrected chi connectivity index (χ3v) is 4.25. The highest BCUT2D eigenvalue weighted by molar-refractivity contribution is 6.31. The summed E-state index contributed by atoms with van der Waals surface area (Å²) in [7, 11) is 5.28. The number of aromatic nitrogens is 4. The molecule has 2 aromatic rings. The summed E-state index contributed by atoms with van der Waals surface area (Å²) in [4.78, 5) is 14.5. The highest BCUT2D eigenvalue weighted by Gasteiger charge is 2.38. The molecule has 0 bridgehead atoms. The van der Waals surface area contributed by atoms with Crippen LogP contribution in [0.2, 0.25) is 5.02 Å². The molecule has 1 aliphatic rings. The lowest BCUT2D eigenvalue weighted by Gasteiger charge is -2.16. The number of carbonyl (C=O) groups is 1. The number of carbonyl (C=O) groups excluding carboxylic acids is 1. The predicted octanol–water partition coefficient (Wildman–Crippen LogP) is 1.06. The molecule has 2 aromatic heterocycles. The number of likely N-dealkylation sites (tertiary alicyclic amines) is 1. The van der Waals surface area contributed by atoms with Crippen LogP contribution in [0.4, 0.5) is 0 Å². The van der Waals surface area contributed by atoms with Crippen LogP contribution >= 0.6 is 11.6 Å². The molecule has 0 aliphatic carbocycles. The molecule has 22 heavy (non-hydrogen) atoms. The minimum absolute atomic E-state index is 0.0263. The molecule has 8 heteroatoms. The summed E-state index contributed by atoms with van der Waals surface area (Å²) in [6, 6.07) is 1.68. The molecule has 2 atom stereocenters. The Morgan fingerprint density at radius 2 is 2.14 bits per heavy atom. The number of halogens is 1. The Balaban J connectivity index is 1.82. The van der Waals surface area contributed by atoms with Gasteiger partial charge >= 0.3 is 0 Å². The molecular weight excluding hydrogens is 306 g/mol. The van der Waals surface area contributed by atoms with Crippen LogP contribution in [0, 0.1) is 0 Å². The molecule has 3 heterocycles. The summed E-state index contributed by atoms with van der Waals surface area (Å²) in [5.74, 6) is -0.0266. The van der Waals surface area contributed by atoms with E-state index in [1.807, 2.05) is 20.3 Å². The van der Waals surface area contributed by atoms with Crippen molar-refractivity contribution in [2.75, 3.05) is 20.2 Å². The van der Waals surface area contributed by atoms with Crippen molar-refractivity contribution in [3.05, 3.63) is 34.9 Å². The van der Waals surface area contributed by atoms with Crippen molar-refractivity contribution in [2.24, 2.45) is 14.1 Å². The van der Waals surface area contributed by atoms with Crippen molar-refractivity contribution < 1.29 is 9.53 Å². The third kappa shape index (κ3) is 2.62. The van der Waals surface area contributed by atoms with Gasteiger partial charge in [-0.25, -0.2) is 0 Å². The maximum atomic E-state index is 12.7. The number of hydrogen-bond donors (Lipinski definition) is 0. The van der Waals surface area contributed by atoms with Crippen LogP contribution in [0.3, 0.4) is 0 Å². The normalized spacial score (nSPS) is 21.5. The number of aryl methyl sites for hydroxylation is 2. The fourth-order valence-electron chi connectivity index (χ4n) is 2.90. The van der Waals surface area contributed by atoms with E-state index in [0.29, 0.717) is 23.8 Å². The number of ether oxygens (including phenoxy) is 1. The van der Waals surface area contributed by atoms with Crippen LogP contribution in [0.15, 0.2) is 18.5 Å². The van der Waals surface area contributed by atoms with E-state index in [0.717, 1.165) is 5.69 Å². The first-order valence-electron chi connectivity index (χ1n) is 6.99. The van der Waals surface area contributed by atoms with Gasteiger partial charge in [0, 0.05) is 46.7 Å². The van der Waals surface area contributed by atoms with Crippen molar-refractivity contribution in [1.82, 2.24) is 24.5 Å². The molecular formula is C14H18ClN5O2. The van der Waals surface area contributed by atoms with Gasteiger partial charge in [-0.3, -0.25) is 9.48 Å². The summed E-state index contributed by atoms with van der Waals surface area (Å²) in [6.07, 6.45) is 3.50. The standard InChI is InChI=1S/C14H18ClN5O2/c1-18-5-9(15)4-12(18)14(21)20-6-10(13(8-20)22-3)11-7-19(2)17-16-11/h4-5,7,10,13H,6,8H2,1-3H3/t10-,13+/m0/s1. The van der Waals surface area contributed by atoms with Gasteiger partial charge in [-0.05, 0) is 6.07 Å². The first kappa shape index (κ1) is 15.1. The highest BCUT2D eigenvalue weighted by Crippen LogP contribution is 2.29. The molecule has 0 unspecified atom stereocenters. The maximum absolute atomic E-state index is 12.7. The summed E-state index contributed by atoms with van der Waals surface area (Å²) < 4.78 is 8.93. The molecule has 1 aliphatic heterocycles. The van der Waals surface area contributed by atoms with Crippen LogP contribution in [-0.4, -0.2) is 56.7 Å². The Morgan fingerprint density at radius 1 is 1.36 bits per heavy atom. The zero-order valence-corrected chi connectivity index (χ0v) is 13.5. The van der Waals surface area contributed by atoms with Gasteiger partial charge in [0.15, 0.2) is 0 Å². The zero-order valence-electron chi connectivity index (χ0n) is 12.7. The fourth-order valence-corrected chi connectivity index (χ4v) is 3.15. The first-order chi connectivity index (χ1) is 10.5. The molecule has 0 radical (unpaired) electrons. The van der Waals surface area contributed by atoms with Gasteiger partial charge in [-0.2, -0.15) is 0 Å². The van der Waals surface area contributed by atoms with Gasteiger partial charge in [0.25, 0.3) is 5.91 Å². The van der Waals surface area contributed by atoms with E-state index in [9.17, 15) is 4.79 Å². The summed E-state index contributed by atoms with van der Waals surface area (Å²) in [5, 5.41) is 8.67. The van der Waals surface area contributed by atoms with Crippen molar-refractivity contribution in [3.8, 4) is 0 Å². The van der Waals surface area contributed by atoms with Gasteiger partial charge in [0.05, 0.1) is 22.7 Å². The summed E-state index contributed by atoms with van der Waals surface area (Å²) >= 11 is 5.96. The smallest absolute Gasteiger partial charge is 0.270 e. The molecule has 1 amide bonds. The van der Waals surface area contributed by atoms with Crippen molar-refractivity contribution in [2.45, 2.75) is 12.0 Å². The van der Waals surface area contributed by atoms with Crippen LogP contribution < -0.4 is 0 Å². The monoisotopic (exact) mass is 323 g/mol. The molecule has 0 N–H and O–H groups in total. The Bertz CT molecular complexity index is 695. The molecule has 7 nitrogen and oxygen atoms in total. The van der Waals surface area contributed by atoms with Gasteiger partial charge < -0.3 is 14.2 Å². The molecule has 0 saturated carbocycles. The van der Waals surface area contributed by atoms with E-state index in [2.05, 4.69) is 10.3 Å². The number of hydrogen-bond acceptors (Lipinski definition) is 4. The SMILES string of the molecule is CO[C@@H]1CN(C(=O)c2cc(Cl)cn2C)C[C@H]1c1cn(C)nn1. The van der Waals surface area contributed by atoms with Crippen molar-refractivity contribution in [1.29, 1.82) is 0 Å². The first-order valence-corrected chi connectivity index (χ1v) is 7.37. The van der Waals surface area contributed by atoms with E-state index < -0.39 is 0 Å². The quantitative estimate of drug-likeness (QED) is 0.847. The molecule has 1 fully saturated rings. The van der Waals surface area contributed by atoms with Gasteiger partial charge in [0.2, 0.25) is 0 Å². The number of amides is 1. The van der Waals surface area contributed by atoms with Gasteiger partial charge in [0.1, 0.15) is 5.69 Å². The third-order valence-electron chi connectivity index (χ3n) is 4.05. The van der Waals surface area contributed by atoms with E-state index in [-0.39, 0.29) is 17.9 Å². The molecule has 0 aromatic carbocycles. The van der Waals surface area contributed by atoms with Gasteiger partial charge in [-0.1, -0.05) is 16.8 Å². The van der Waals surface area contributed by atoms with Gasteiger partial charge in [-0.15, -0.1) is 5.10 Å². The Labute approximate surface area is 133 Å². The Morgan fingerprint density at radius 3 is 2.68 bits per heavy atom. The minimum Gasteiger partial charge on any atom is -0.379 e. The van der Waals surface area contributed by atoms with E-state index >= 15 is 0 Å². The second kappa shape index (κ2) is 5.73. The highest BCUT2D eigenvalue weighted by atomic mass is 35.5. The van der Waals surface area contributed by atoms with E-state index in [1.54, 1.807) is 33.5 Å². The van der Waals surface area contributed by atoms with Crippen molar-refractivity contribution >= 4 is 17.5 Å². The van der Waals surface area contributed by atoms with Crippen LogP contribution in [0.1, 0.15) is 22.1 Å². The predicted molar refractivity (Wildman–Crippen MR) is 80.9 cm³/mol. The fraction of sp³-hybridized carbons (Fsp3) is 0.500.